The Morgan fingerprint density at radius 1 is 1.03 bits per heavy atom. The number of carbonyl (C=O) groups is 2. The van der Waals surface area contributed by atoms with Crippen LogP contribution in [0.15, 0.2) is 47.4 Å². The zero-order chi connectivity index (χ0) is 24.7. The van der Waals surface area contributed by atoms with Crippen LogP contribution in [0.3, 0.4) is 0 Å². The quantitative estimate of drug-likeness (QED) is 0.243. The fourth-order valence-corrected chi connectivity index (χ4v) is 5.70. The molecule has 2 aromatic carbocycles. The fourth-order valence-electron chi connectivity index (χ4n) is 4.07. The van der Waals surface area contributed by atoms with Crippen LogP contribution in [0.2, 0.25) is 10.0 Å². The van der Waals surface area contributed by atoms with E-state index < -0.39 is 17.7 Å². The van der Waals surface area contributed by atoms with E-state index in [0.29, 0.717) is 11.4 Å². The molecule has 0 radical (unpaired) electrons. The molecule has 1 aromatic heterocycles. The predicted molar refractivity (Wildman–Crippen MR) is 135 cm³/mol. The third-order valence-electron chi connectivity index (χ3n) is 5.66. The monoisotopic (exact) mass is 517 g/mol. The van der Waals surface area contributed by atoms with Crippen molar-refractivity contribution in [1.29, 1.82) is 0 Å². The number of carbonyl (C=O) groups excluding carboxylic acids is 2. The number of hydrogen-bond donors (Lipinski definition) is 1. The molecule has 1 atom stereocenters. The molecule has 0 spiro atoms. The van der Waals surface area contributed by atoms with Crippen molar-refractivity contribution >= 4 is 57.7 Å². The number of Topliss-reactive ketones (excluding diaryl/α,β-unsaturated/α-hetero) is 1. The molecule has 34 heavy (non-hydrogen) atoms. The van der Waals surface area contributed by atoms with Crippen LogP contribution in [-0.4, -0.2) is 31.0 Å². The van der Waals surface area contributed by atoms with E-state index in [4.69, 9.17) is 32.7 Å². The lowest BCUT2D eigenvalue weighted by molar-refractivity contribution is -0.132. The summed E-state index contributed by atoms with van der Waals surface area (Å²) >= 11 is 14.1. The number of amides is 1. The van der Waals surface area contributed by atoms with E-state index in [-0.39, 0.29) is 32.7 Å². The number of ketones is 1. The first-order valence-corrected chi connectivity index (χ1v) is 11.9. The second kappa shape index (κ2) is 9.33. The third-order valence-corrected chi connectivity index (χ3v) is 7.30. The van der Waals surface area contributed by atoms with Gasteiger partial charge in [0.1, 0.15) is 23.3 Å². The molecule has 3 aromatic rings. The van der Waals surface area contributed by atoms with Crippen molar-refractivity contribution in [2.45, 2.75) is 19.9 Å². The highest BCUT2D eigenvalue weighted by atomic mass is 35.5. The van der Waals surface area contributed by atoms with Gasteiger partial charge in [0.15, 0.2) is 0 Å². The van der Waals surface area contributed by atoms with Gasteiger partial charge in [-0.25, -0.2) is 0 Å². The SMILES string of the molecule is COc1ccc(N2C(=O)C(=O)/C(=C(/O)c3cc(C)cc(Cl)c3OC)C2c2sccc2C)cc1Cl. The molecule has 1 fully saturated rings. The first-order valence-electron chi connectivity index (χ1n) is 10.2. The summed E-state index contributed by atoms with van der Waals surface area (Å²) in [5.74, 6) is -1.31. The van der Waals surface area contributed by atoms with Gasteiger partial charge in [0.25, 0.3) is 11.7 Å². The maximum absolute atomic E-state index is 13.4. The molecule has 0 saturated carbocycles. The number of aliphatic hydroxyl groups is 1. The second-order valence-corrected chi connectivity index (χ2v) is 9.55. The molecule has 0 bridgehead atoms. The number of nitrogens with zero attached hydrogens (tertiary/aromatic N) is 1. The molecule has 1 unspecified atom stereocenters. The van der Waals surface area contributed by atoms with Crippen molar-refractivity contribution in [1.82, 2.24) is 0 Å². The molecule has 1 aliphatic heterocycles. The Labute approximate surface area is 210 Å². The molecule has 1 amide bonds. The lowest BCUT2D eigenvalue weighted by Crippen LogP contribution is -2.29. The highest BCUT2D eigenvalue weighted by Gasteiger charge is 2.48. The van der Waals surface area contributed by atoms with E-state index in [1.54, 1.807) is 37.3 Å². The van der Waals surface area contributed by atoms with E-state index in [9.17, 15) is 14.7 Å². The van der Waals surface area contributed by atoms with Gasteiger partial charge in [-0.15, -0.1) is 11.3 Å². The molecule has 0 aliphatic carbocycles. The Bertz CT molecular complexity index is 1350. The number of anilines is 1. The summed E-state index contributed by atoms with van der Waals surface area (Å²) in [6.45, 7) is 3.69. The zero-order valence-corrected chi connectivity index (χ0v) is 21.1. The van der Waals surface area contributed by atoms with Gasteiger partial charge in [-0.1, -0.05) is 23.2 Å². The molecule has 9 heteroatoms. The first kappa shape index (κ1) is 24.1. The van der Waals surface area contributed by atoms with Gasteiger partial charge in [-0.05, 0) is 66.8 Å². The van der Waals surface area contributed by atoms with Crippen molar-refractivity contribution in [3.05, 3.63) is 79.0 Å². The van der Waals surface area contributed by atoms with E-state index in [1.807, 2.05) is 18.4 Å². The Hall–Kier alpha value is -3.00. The fraction of sp³-hybridized carbons (Fsp3) is 0.200. The van der Waals surface area contributed by atoms with Crippen molar-refractivity contribution < 1.29 is 24.2 Å². The van der Waals surface area contributed by atoms with Crippen molar-refractivity contribution in [3.8, 4) is 11.5 Å². The van der Waals surface area contributed by atoms with Crippen LogP contribution in [0, 0.1) is 13.8 Å². The topological polar surface area (TPSA) is 76.1 Å². The summed E-state index contributed by atoms with van der Waals surface area (Å²) in [5.41, 5.74) is 2.22. The summed E-state index contributed by atoms with van der Waals surface area (Å²) in [6, 6.07) is 9.21. The van der Waals surface area contributed by atoms with Gasteiger partial charge in [-0.2, -0.15) is 0 Å². The van der Waals surface area contributed by atoms with Gasteiger partial charge >= 0.3 is 0 Å². The van der Waals surface area contributed by atoms with Gasteiger partial charge < -0.3 is 14.6 Å². The molecule has 1 saturated heterocycles. The highest BCUT2D eigenvalue weighted by molar-refractivity contribution is 7.10. The lowest BCUT2D eigenvalue weighted by Gasteiger charge is -2.25. The molecule has 2 heterocycles. The van der Waals surface area contributed by atoms with E-state index in [0.717, 1.165) is 16.0 Å². The number of aryl methyl sites for hydroxylation is 2. The molecule has 6 nitrogen and oxygen atoms in total. The van der Waals surface area contributed by atoms with E-state index in [1.165, 1.54) is 30.5 Å². The van der Waals surface area contributed by atoms with E-state index >= 15 is 0 Å². The molecule has 1 N–H and O–H groups in total. The lowest BCUT2D eigenvalue weighted by atomic mass is 9.97. The van der Waals surface area contributed by atoms with Crippen LogP contribution < -0.4 is 14.4 Å². The maximum Gasteiger partial charge on any atom is 0.300 e. The van der Waals surface area contributed by atoms with E-state index in [2.05, 4.69) is 0 Å². The minimum Gasteiger partial charge on any atom is -0.507 e. The van der Waals surface area contributed by atoms with Crippen LogP contribution in [0.1, 0.15) is 27.6 Å². The highest BCUT2D eigenvalue weighted by Crippen LogP contribution is 2.47. The Morgan fingerprint density at radius 3 is 2.35 bits per heavy atom. The summed E-state index contributed by atoms with van der Waals surface area (Å²) in [7, 11) is 2.91. The van der Waals surface area contributed by atoms with Crippen molar-refractivity contribution in [3.63, 3.8) is 0 Å². The van der Waals surface area contributed by atoms with Gasteiger partial charge in [0.2, 0.25) is 0 Å². The Morgan fingerprint density at radius 2 is 1.76 bits per heavy atom. The third kappa shape index (κ3) is 3.94. The van der Waals surface area contributed by atoms with Crippen LogP contribution in [0.25, 0.3) is 5.76 Å². The molecule has 176 valence electrons. The largest absolute Gasteiger partial charge is 0.507 e. The first-order chi connectivity index (χ1) is 16.2. The van der Waals surface area contributed by atoms with Gasteiger partial charge in [-0.3, -0.25) is 14.5 Å². The number of hydrogen-bond acceptors (Lipinski definition) is 6. The number of methoxy groups -OCH3 is 2. The standard InChI is InChI=1S/C25H21Cl2NO5S/c1-12-9-15(23(33-4)17(27)10-12)21(29)19-20(24-13(2)7-8-34-24)28(25(31)22(19)30)14-5-6-18(32-3)16(26)11-14/h5-11,20,29H,1-4H3/b21-19+. The average Bonchev–Trinajstić information content (AvgIpc) is 3.33. The molecule has 4 rings (SSSR count). The number of thiophene rings is 1. The summed E-state index contributed by atoms with van der Waals surface area (Å²) in [6.07, 6.45) is 0. The second-order valence-electron chi connectivity index (χ2n) is 7.78. The van der Waals surface area contributed by atoms with Crippen molar-refractivity contribution in [2.75, 3.05) is 19.1 Å². The van der Waals surface area contributed by atoms with Crippen LogP contribution in [-0.2, 0) is 9.59 Å². The number of halogens is 2. The number of rotatable bonds is 5. The van der Waals surface area contributed by atoms with Crippen LogP contribution in [0.4, 0.5) is 5.69 Å². The smallest absolute Gasteiger partial charge is 0.300 e. The summed E-state index contributed by atoms with van der Waals surface area (Å²) in [4.78, 5) is 28.8. The Kier molecular flexibility index (Phi) is 6.62. The van der Waals surface area contributed by atoms with Gasteiger partial charge in [0, 0.05) is 10.6 Å². The van der Waals surface area contributed by atoms with Crippen LogP contribution in [0.5, 0.6) is 11.5 Å². The predicted octanol–water partition coefficient (Wildman–Crippen LogP) is 6.32. The number of benzene rings is 2. The van der Waals surface area contributed by atoms with Crippen LogP contribution >= 0.6 is 34.5 Å². The zero-order valence-electron chi connectivity index (χ0n) is 18.8. The molecular formula is C25H21Cl2NO5S. The maximum atomic E-state index is 13.4. The number of aliphatic hydroxyl groups excluding tert-OH is 1. The molecule has 1 aliphatic rings. The Balaban J connectivity index is 2.00. The minimum atomic E-state index is -0.867. The normalized spacial score (nSPS) is 17.4. The molecular weight excluding hydrogens is 497 g/mol. The van der Waals surface area contributed by atoms with Crippen molar-refractivity contribution in [2.24, 2.45) is 0 Å². The summed E-state index contributed by atoms with van der Waals surface area (Å²) in [5, 5.41) is 13.9. The average molecular weight is 518 g/mol. The number of ether oxygens (including phenoxy) is 2. The summed E-state index contributed by atoms with van der Waals surface area (Å²) < 4.78 is 10.6. The minimum absolute atomic E-state index is 0.0533. The van der Waals surface area contributed by atoms with Gasteiger partial charge in [0.05, 0.1) is 35.4 Å².